The van der Waals surface area contributed by atoms with Crippen molar-refractivity contribution in [2.75, 3.05) is 0 Å². The summed E-state index contributed by atoms with van der Waals surface area (Å²) in [6.45, 7) is 0. The largest absolute Gasteiger partial charge is 0.416 e. The van der Waals surface area contributed by atoms with E-state index in [9.17, 15) is 22.0 Å². The molecule has 1 nitrogen and oxygen atoms in total. The molecule has 0 aliphatic carbocycles. The van der Waals surface area contributed by atoms with Gasteiger partial charge in [-0.05, 0) is 23.8 Å². The topological polar surface area (TPSA) is 12.9 Å². The van der Waals surface area contributed by atoms with Crippen molar-refractivity contribution < 1.29 is 22.0 Å². The highest BCUT2D eigenvalue weighted by Gasteiger charge is 2.30. The maximum Gasteiger partial charge on any atom is 0.416 e. The summed E-state index contributed by atoms with van der Waals surface area (Å²) in [5.41, 5.74) is -0.652. The van der Waals surface area contributed by atoms with Gasteiger partial charge in [-0.3, -0.25) is 0 Å². The van der Waals surface area contributed by atoms with E-state index in [-0.39, 0.29) is 11.1 Å². The van der Waals surface area contributed by atoms with Crippen LogP contribution >= 0.6 is 0 Å². The van der Waals surface area contributed by atoms with E-state index < -0.39 is 23.5 Å². The summed E-state index contributed by atoms with van der Waals surface area (Å²) in [6, 6.07) is 5.12. The number of hydrogen-bond donors (Lipinski definition) is 0. The van der Waals surface area contributed by atoms with Crippen LogP contribution in [0.25, 0.3) is 11.1 Å². The highest BCUT2D eigenvalue weighted by atomic mass is 19.4. The van der Waals surface area contributed by atoms with Crippen LogP contribution in [0.1, 0.15) is 5.56 Å². The van der Waals surface area contributed by atoms with Crippen molar-refractivity contribution >= 4 is 0 Å². The molecule has 1 heterocycles. The van der Waals surface area contributed by atoms with Gasteiger partial charge in [0.05, 0.1) is 5.56 Å². The van der Waals surface area contributed by atoms with Gasteiger partial charge in [-0.15, -0.1) is 0 Å². The number of alkyl halides is 3. The van der Waals surface area contributed by atoms with Crippen LogP contribution in [0.5, 0.6) is 0 Å². The van der Waals surface area contributed by atoms with Crippen molar-refractivity contribution in [1.29, 1.82) is 0 Å². The number of halogens is 5. The van der Waals surface area contributed by atoms with Crippen LogP contribution in [-0.2, 0) is 6.18 Å². The summed E-state index contributed by atoms with van der Waals surface area (Å²) in [5.74, 6) is -2.49. The summed E-state index contributed by atoms with van der Waals surface area (Å²) < 4.78 is 63.0. The predicted molar refractivity (Wildman–Crippen MR) is 54.6 cm³/mol. The molecule has 1 aromatic carbocycles. The fourth-order valence-electron chi connectivity index (χ4n) is 1.45. The maximum atomic E-state index is 12.9. The van der Waals surface area contributed by atoms with E-state index in [2.05, 4.69) is 4.98 Å². The Morgan fingerprint density at radius 1 is 0.944 bits per heavy atom. The summed E-state index contributed by atoms with van der Waals surface area (Å²) in [5, 5.41) is 0. The van der Waals surface area contributed by atoms with Gasteiger partial charge in [0.1, 0.15) is 0 Å². The second kappa shape index (κ2) is 4.36. The summed E-state index contributed by atoms with van der Waals surface area (Å²) >= 11 is 0. The molecule has 0 saturated heterocycles. The van der Waals surface area contributed by atoms with Gasteiger partial charge in [-0.2, -0.15) is 17.6 Å². The summed E-state index contributed by atoms with van der Waals surface area (Å²) in [7, 11) is 0. The van der Waals surface area contributed by atoms with Crippen molar-refractivity contribution in [3.05, 3.63) is 53.9 Å². The second-order valence-corrected chi connectivity index (χ2v) is 3.58. The molecule has 0 bridgehead atoms. The number of nitrogens with zero attached hydrogens (tertiary/aromatic N) is 1. The third-order valence-corrected chi connectivity index (χ3v) is 2.32. The first-order valence-corrected chi connectivity index (χ1v) is 4.86. The van der Waals surface area contributed by atoms with Crippen LogP contribution in [0.15, 0.2) is 36.5 Å². The Balaban J connectivity index is 2.48. The second-order valence-electron chi connectivity index (χ2n) is 3.58. The maximum absolute atomic E-state index is 12.9. The van der Waals surface area contributed by atoms with Gasteiger partial charge in [0.25, 0.3) is 0 Å². The molecular weight excluding hydrogens is 253 g/mol. The Morgan fingerprint density at radius 3 is 2.28 bits per heavy atom. The van der Waals surface area contributed by atoms with Gasteiger partial charge in [0.15, 0.2) is 5.82 Å². The molecule has 0 radical (unpaired) electrons. The third kappa shape index (κ3) is 2.47. The number of hydrogen-bond acceptors (Lipinski definition) is 1. The minimum Gasteiger partial charge on any atom is -0.225 e. The van der Waals surface area contributed by atoms with Crippen LogP contribution in [0.4, 0.5) is 22.0 Å². The van der Waals surface area contributed by atoms with Crippen LogP contribution in [-0.4, -0.2) is 4.98 Å². The van der Waals surface area contributed by atoms with Gasteiger partial charge in [-0.1, -0.05) is 12.1 Å². The van der Waals surface area contributed by atoms with Crippen molar-refractivity contribution in [2.24, 2.45) is 0 Å². The van der Waals surface area contributed by atoms with Gasteiger partial charge < -0.3 is 0 Å². The van der Waals surface area contributed by atoms with E-state index in [0.29, 0.717) is 0 Å². The lowest BCUT2D eigenvalue weighted by atomic mass is 10.0. The fraction of sp³-hybridized carbons (Fsp3) is 0.0833. The molecule has 0 aliphatic rings. The normalized spacial score (nSPS) is 11.6. The first kappa shape index (κ1) is 12.5. The lowest BCUT2D eigenvalue weighted by Crippen LogP contribution is -2.04. The third-order valence-electron chi connectivity index (χ3n) is 2.32. The van der Waals surface area contributed by atoms with E-state index in [1.54, 1.807) is 0 Å². The van der Waals surface area contributed by atoms with E-state index in [1.165, 1.54) is 12.1 Å². The van der Waals surface area contributed by atoms with Gasteiger partial charge in [0.2, 0.25) is 5.95 Å². The molecule has 0 amide bonds. The van der Waals surface area contributed by atoms with Crippen LogP contribution in [0.3, 0.4) is 0 Å². The molecule has 6 heteroatoms. The zero-order valence-electron chi connectivity index (χ0n) is 8.80. The molecule has 2 rings (SSSR count). The number of benzene rings is 1. The molecule has 0 saturated carbocycles. The lowest BCUT2D eigenvalue weighted by Gasteiger charge is -2.08. The van der Waals surface area contributed by atoms with E-state index in [4.69, 9.17) is 0 Å². The summed E-state index contributed by atoms with van der Waals surface area (Å²) in [4.78, 5) is 3.12. The highest BCUT2D eigenvalue weighted by Crippen LogP contribution is 2.32. The van der Waals surface area contributed by atoms with Gasteiger partial charge in [-0.25, -0.2) is 9.37 Å². The zero-order valence-corrected chi connectivity index (χ0v) is 8.80. The zero-order chi connectivity index (χ0) is 13.3. The standard InChI is InChI=1S/C12H6F5N/c13-10-5-8(6-18-11(10)14)7-2-1-3-9(4-7)12(15,16)17/h1-6H. The smallest absolute Gasteiger partial charge is 0.225 e. The van der Waals surface area contributed by atoms with Crippen molar-refractivity contribution in [2.45, 2.75) is 6.18 Å². The van der Waals surface area contributed by atoms with Gasteiger partial charge >= 0.3 is 6.18 Å². The van der Waals surface area contributed by atoms with Gasteiger partial charge in [0, 0.05) is 11.8 Å². The number of aromatic nitrogens is 1. The SMILES string of the molecule is Fc1cc(-c2cccc(C(F)(F)F)c2)cnc1F. The van der Waals surface area contributed by atoms with E-state index >= 15 is 0 Å². The van der Waals surface area contributed by atoms with Crippen LogP contribution in [0, 0.1) is 11.8 Å². The van der Waals surface area contributed by atoms with Crippen molar-refractivity contribution in [1.82, 2.24) is 4.98 Å². The number of rotatable bonds is 1. The van der Waals surface area contributed by atoms with Crippen molar-refractivity contribution in [3.8, 4) is 11.1 Å². The first-order chi connectivity index (χ1) is 8.38. The molecule has 2 aromatic rings. The molecule has 0 aliphatic heterocycles. The summed E-state index contributed by atoms with van der Waals surface area (Å²) in [6.07, 6.45) is -3.50. The molecule has 1 aromatic heterocycles. The molecule has 0 spiro atoms. The molecule has 0 N–H and O–H groups in total. The number of pyridine rings is 1. The van der Waals surface area contributed by atoms with E-state index in [0.717, 1.165) is 24.4 Å². The Bertz CT molecular complexity index is 577. The Hall–Kier alpha value is -1.98. The molecule has 18 heavy (non-hydrogen) atoms. The molecule has 0 fully saturated rings. The Kier molecular flexibility index (Phi) is 3.02. The Labute approximate surface area is 98.9 Å². The molecular formula is C12H6F5N. The quantitative estimate of drug-likeness (QED) is 0.556. The van der Waals surface area contributed by atoms with Crippen molar-refractivity contribution in [3.63, 3.8) is 0 Å². The Morgan fingerprint density at radius 2 is 1.67 bits per heavy atom. The highest BCUT2D eigenvalue weighted by molar-refractivity contribution is 5.63. The minimum absolute atomic E-state index is 0.0833. The fourth-order valence-corrected chi connectivity index (χ4v) is 1.45. The monoisotopic (exact) mass is 259 g/mol. The minimum atomic E-state index is -4.48. The van der Waals surface area contributed by atoms with Crippen LogP contribution < -0.4 is 0 Å². The van der Waals surface area contributed by atoms with E-state index in [1.807, 2.05) is 0 Å². The predicted octanol–water partition coefficient (Wildman–Crippen LogP) is 4.05. The molecule has 94 valence electrons. The average molecular weight is 259 g/mol. The average Bonchev–Trinajstić information content (AvgIpc) is 2.32. The lowest BCUT2D eigenvalue weighted by molar-refractivity contribution is -0.137. The molecule has 0 unspecified atom stereocenters. The van der Waals surface area contributed by atoms with Crippen LogP contribution in [0.2, 0.25) is 0 Å². The first-order valence-electron chi connectivity index (χ1n) is 4.86. The molecule has 0 atom stereocenters.